The molecular weight excluding hydrogens is 186 g/mol. The summed E-state index contributed by atoms with van der Waals surface area (Å²) in [5.41, 5.74) is 0. The molecule has 2 heteroatoms. The van der Waals surface area contributed by atoms with Gasteiger partial charge in [-0.05, 0) is 43.9 Å². The van der Waals surface area contributed by atoms with Crippen LogP contribution in [0.2, 0.25) is 0 Å². The average Bonchev–Trinajstić information content (AvgIpc) is 2.29. The van der Waals surface area contributed by atoms with E-state index in [1.165, 1.54) is 32.1 Å². The van der Waals surface area contributed by atoms with Gasteiger partial charge in [-0.15, -0.1) is 0 Å². The topological polar surface area (TPSA) is 32.3 Å². The molecule has 2 rings (SSSR count). The first kappa shape index (κ1) is 11.2. The molecule has 0 aromatic carbocycles. The van der Waals surface area contributed by atoms with Crippen LogP contribution in [0.25, 0.3) is 0 Å². The van der Waals surface area contributed by atoms with Crippen molar-refractivity contribution in [3.05, 3.63) is 12.2 Å². The monoisotopic (exact) mass is 209 g/mol. The van der Waals surface area contributed by atoms with Crippen LogP contribution >= 0.6 is 0 Å². The zero-order valence-electron chi connectivity index (χ0n) is 9.65. The molecule has 86 valence electrons. The van der Waals surface area contributed by atoms with Crippen LogP contribution in [0.1, 0.15) is 45.4 Å². The largest absolute Gasteiger partial charge is 0.379 e. The molecule has 2 N–H and O–H groups in total. The van der Waals surface area contributed by atoms with Crippen LogP contribution in [0.15, 0.2) is 12.2 Å². The Bertz CT molecular complexity index is 227. The number of allylic oxidation sites excluding steroid dienone is 2. The highest BCUT2D eigenvalue weighted by Gasteiger charge is 2.33. The minimum atomic E-state index is -0.306. The lowest BCUT2D eigenvalue weighted by Crippen LogP contribution is -2.47. The van der Waals surface area contributed by atoms with E-state index in [1.807, 2.05) is 6.92 Å². The van der Waals surface area contributed by atoms with E-state index < -0.39 is 0 Å². The van der Waals surface area contributed by atoms with Gasteiger partial charge in [-0.1, -0.05) is 25.5 Å². The fourth-order valence-corrected chi connectivity index (χ4v) is 3.10. The van der Waals surface area contributed by atoms with E-state index >= 15 is 0 Å². The van der Waals surface area contributed by atoms with E-state index in [4.69, 9.17) is 0 Å². The van der Waals surface area contributed by atoms with Gasteiger partial charge in [0.25, 0.3) is 0 Å². The van der Waals surface area contributed by atoms with Crippen LogP contribution in [0.5, 0.6) is 0 Å². The second-order valence-corrected chi connectivity index (χ2v) is 4.99. The van der Waals surface area contributed by atoms with Crippen molar-refractivity contribution in [2.75, 3.05) is 0 Å². The van der Waals surface area contributed by atoms with Crippen molar-refractivity contribution in [1.29, 1.82) is 0 Å². The minimum Gasteiger partial charge on any atom is -0.379 e. The number of aliphatic hydroxyl groups excluding tert-OH is 1. The molecule has 1 saturated carbocycles. The van der Waals surface area contributed by atoms with Crippen LogP contribution in [0.4, 0.5) is 0 Å². The number of hydrogen-bond acceptors (Lipinski definition) is 2. The number of aliphatic hydroxyl groups is 1. The van der Waals surface area contributed by atoms with Crippen LogP contribution in [-0.4, -0.2) is 17.4 Å². The summed E-state index contributed by atoms with van der Waals surface area (Å²) in [7, 11) is 0. The van der Waals surface area contributed by atoms with E-state index in [-0.39, 0.29) is 6.23 Å². The first-order valence-corrected chi connectivity index (χ1v) is 6.40. The molecular formula is C13H23NO. The molecule has 4 atom stereocenters. The van der Waals surface area contributed by atoms with Crippen LogP contribution in [0, 0.1) is 11.8 Å². The molecule has 0 aromatic rings. The van der Waals surface area contributed by atoms with E-state index in [0.717, 1.165) is 18.3 Å². The third kappa shape index (κ3) is 2.61. The van der Waals surface area contributed by atoms with Gasteiger partial charge in [-0.3, -0.25) is 5.32 Å². The second-order valence-electron chi connectivity index (χ2n) is 4.99. The van der Waals surface area contributed by atoms with E-state index in [9.17, 15) is 5.11 Å². The molecule has 0 saturated heterocycles. The van der Waals surface area contributed by atoms with Gasteiger partial charge >= 0.3 is 0 Å². The van der Waals surface area contributed by atoms with Crippen molar-refractivity contribution < 1.29 is 5.11 Å². The Labute approximate surface area is 92.8 Å². The van der Waals surface area contributed by atoms with Crippen molar-refractivity contribution in [2.24, 2.45) is 11.8 Å². The van der Waals surface area contributed by atoms with Crippen molar-refractivity contribution >= 4 is 0 Å². The zero-order chi connectivity index (χ0) is 10.7. The maximum atomic E-state index is 9.67. The molecule has 0 amide bonds. The Morgan fingerprint density at radius 2 is 2.13 bits per heavy atom. The lowest BCUT2D eigenvalue weighted by atomic mass is 9.70. The predicted molar refractivity (Wildman–Crippen MR) is 62.4 cm³/mol. The molecule has 0 radical (unpaired) electrons. The molecule has 0 heterocycles. The molecule has 4 unspecified atom stereocenters. The number of hydrogen-bond donors (Lipinski definition) is 2. The number of nitrogens with one attached hydrogen (secondary N) is 1. The fourth-order valence-electron chi connectivity index (χ4n) is 3.10. The van der Waals surface area contributed by atoms with Gasteiger partial charge in [0.2, 0.25) is 0 Å². The highest BCUT2D eigenvalue weighted by atomic mass is 16.3. The summed E-state index contributed by atoms with van der Waals surface area (Å²) in [4.78, 5) is 0. The van der Waals surface area contributed by atoms with Gasteiger partial charge < -0.3 is 5.11 Å². The molecule has 2 aliphatic carbocycles. The van der Waals surface area contributed by atoms with Crippen molar-refractivity contribution in [1.82, 2.24) is 5.32 Å². The minimum absolute atomic E-state index is 0.306. The Balaban J connectivity index is 1.95. The van der Waals surface area contributed by atoms with Crippen molar-refractivity contribution in [3.63, 3.8) is 0 Å². The maximum Gasteiger partial charge on any atom is 0.104 e. The van der Waals surface area contributed by atoms with Gasteiger partial charge in [-0.2, -0.15) is 0 Å². The lowest BCUT2D eigenvalue weighted by Gasteiger charge is -2.40. The van der Waals surface area contributed by atoms with Crippen molar-refractivity contribution in [3.8, 4) is 0 Å². The molecule has 2 nitrogen and oxygen atoms in total. The summed E-state index contributed by atoms with van der Waals surface area (Å²) in [6, 6.07) is 0.545. The third-order valence-electron chi connectivity index (χ3n) is 4.02. The molecule has 0 aromatic heterocycles. The summed E-state index contributed by atoms with van der Waals surface area (Å²) >= 11 is 0. The van der Waals surface area contributed by atoms with Crippen molar-refractivity contribution in [2.45, 2.75) is 57.7 Å². The average molecular weight is 209 g/mol. The quantitative estimate of drug-likeness (QED) is 0.553. The SMILES string of the molecule is CCC(O)NC1CCCC2CC=CCC21. The van der Waals surface area contributed by atoms with Gasteiger partial charge in [0.15, 0.2) is 0 Å². The third-order valence-corrected chi connectivity index (χ3v) is 4.02. The predicted octanol–water partition coefficient (Wildman–Crippen LogP) is 2.44. The Morgan fingerprint density at radius 3 is 2.93 bits per heavy atom. The van der Waals surface area contributed by atoms with E-state index in [1.54, 1.807) is 0 Å². The van der Waals surface area contributed by atoms with Crippen LogP contribution < -0.4 is 5.32 Å². The maximum absolute atomic E-state index is 9.67. The summed E-state index contributed by atoms with van der Waals surface area (Å²) in [6.45, 7) is 2.03. The summed E-state index contributed by atoms with van der Waals surface area (Å²) in [5, 5.41) is 13.1. The first-order chi connectivity index (χ1) is 7.31. The fraction of sp³-hybridized carbons (Fsp3) is 0.846. The number of fused-ring (bicyclic) bond motifs is 1. The first-order valence-electron chi connectivity index (χ1n) is 6.40. The summed E-state index contributed by atoms with van der Waals surface area (Å²) in [6.07, 6.45) is 11.6. The van der Waals surface area contributed by atoms with E-state index in [2.05, 4.69) is 17.5 Å². The molecule has 2 aliphatic rings. The molecule has 0 spiro atoms. The molecule has 1 fully saturated rings. The highest BCUT2D eigenvalue weighted by molar-refractivity contribution is 5.00. The molecule has 0 aliphatic heterocycles. The standard InChI is InChI=1S/C13H23NO/c1-2-13(15)14-12-9-5-7-10-6-3-4-8-11(10)12/h3-4,10-15H,2,5-9H2,1H3. The molecule has 15 heavy (non-hydrogen) atoms. The summed E-state index contributed by atoms with van der Waals surface area (Å²) < 4.78 is 0. The normalized spacial score (nSPS) is 37.3. The second kappa shape index (κ2) is 5.13. The Kier molecular flexibility index (Phi) is 3.81. The Morgan fingerprint density at radius 1 is 1.33 bits per heavy atom. The van der Waals surface area contributed by atoms with Crippen LogP contribution in [-0.2, 0) is 0 Å². The van der Waals surface area contributed by atoms with Crippen LogP contribution in [0.3, 0.4) is 0 Å². The van der Waals surface area contributed by atoms with Gasteiger partial charge in [0, 0.05) is 6.04 Å². The van der Waals surface area contributed by atoms with Gasteiger partial charge in [0.1, 0.15) is 6.23 Å². The molecule has 0 bridgehead atoms. The highest BCUT2D eigenvalue weighted by Crippen LogP contribution is 2.38. The van der Waals surface area contributed by atoms with Gasteiger partial charge in [-0.25, -0.2) is 0 Å². The smallest absolute Gasteiger partial charge is 0.104 e. The number of rotatable bonds is 3. The summed E-state index contributed by atoms with van der Waals surface area (Å²) in [5.74, 6) is 1.63. The Hall–Kier alpha value is -0.340. The zero-order valence-corrected chi connectivity index (χ0v) is 9.65. The lowest BCUT2D eigenvalue weighted by molar-refractivity contribution is 0.0741. The van der Waals surface area contributed by atoms with E-state index in [0.29, 0.717) is 6.04 Å². The van der Waals surface area contributed by atoms with Gasteiger partial charge in [0.05, 0.1) is 0 Å².